The van der Waals surface area contributed by atoms with Crippen molar-refractivity contribution in [2.75, 3.05) is 11.4 Å². The Bertz CT molecular complexity index is 1370. The lowest BCUT2D eigenvalue weighted by Gasteiger charge is -2.29. The number of aromatic amines is 1. The smallest absolute Gasteiger partial charge is 0.457 e. The summed E-state index contributed by atoms with van der Waals surface area (Å²) < 4.78 is 101. The molecule has 0 bridgehead atoms. The van der Waals surface area contributed by atoms with Gasteiger partial charge in [0.25, 0.3) is 0 Å². The van der Waals surface area contributed by atoms with E-state index in [2.05, 4.69) is 9.72 Å². The predicted molar refractivity (Wildman–Crippen MR) is 126 cm³/mol. The van der Waals surface area contributed by atoms with Crippen LogP contribution in [-0.4, -0.2) is 41.4 Å². The first-order chi connectivity index (χ1) is 17.9. The Balaban J connectivity index is 1.59. The van der Waals surface area contributed by atoms with Gasteiger partial charge in [-0.05, 0) is 54.1 Å². The number of rotatable bonds is 10. The molecule has 1 unspecified atom stereocenters. The topological polar surface area (TPSA) is 57.7 Å². The molecule has 0 spiro atoms. The Labute approximate surface area is 212 Å². The van der Waals surface area contributed by atoms with Crippen molar-refractivity contribution in [1.29, 1.82) is 0 Å². The minimum absolute atomic E-state index is 0.172. The van der Waals surface area contributed by atoms with Gasteiger partial charge in [-0.15, -0.1) is 0 Å². The molecule has 4 aromatic rings. The summed E-state index contributed by atoms with van der Waals surface area (Å²) in [4.78, 5) is 4.20. The lowest BCUT2D eigenvalue weighted by atomic mass is 10.1. The van der Waals surface area contributed by atoms with Gasteiger partial charge in [-0.3, -0.25) is 0 Å². The van der Waals surface area contributed by atoms with Crippen LogP contribution in [0.2, 0.25) is 0 Å². The van der Waals surface area contributed by atoms with Gasteiger partial charge in [0.15, 0.2) is 6.10 Å². The molecule has 0 saturated carbocycles. The van der Waals surface area contributed by atoms with E-state index in [1.807, 2.05) is 6.07 Å². The third kappa shape index (κ3) is 6.68. The van der Waals surface area contributed by atoms with Crippen molar-refractivity contribution in [3.05, 3.63) is 84.6 Å². The van der Waals surface area contributed by atoms with Crippen molar-refractivity contribution in [2.45, 2.75) is 31.4 Å². The van der Waals surface area contributed by atoms with Crippen LogP contribution in [0.3, 0.4) is 0 Å². The molecule has 0 radical (unpaired) electrons. The molecule has 202 valence electrons. The molecule has 1 aromatic heterocycles. The third-order valence-corrected chi connectivity index (χ3v) is 5.49. The number of nitrogens with one attached hydrogen (secondary N) is 1. The fourth-order valence-corrected chi connectivity index (χ4v) is 3.68. The first kappa shape index (κ1) is 27.1. The summed E-state index contributed by atoms with van der Waals surface area (Å²) in [7, 11) is 0. The largest absolute Gasteiger partial charge is 0.461 e. The lowest BCUT2D eigenvalue weighted by Crippen LogP contribution is -2.40. The lowest BCUT2D eigenvalue weighted by molar-refractivity contribution is -0.253. The second-order valence-corrected chi connectivity index (χ2v) is 8.38. The van der Waals surface area contributed by atoms with Gasteiger partial charge in [0.05, 0.1) is 6.54 Å². The molecule has 5 nitrogen and oxygen atoms in total. The molecular formula is C26H21F7N2O3. The number of ether oxygens (including phenoxy) is 2. The number of fused-ring (bicyclic) bond motifs is 1. The summed E-state index contributed by atoms with van der Waals surface area (Å²) in [5, 5.41) is 10.6. The molecule has 0 fully saturated rings. The van der Waals surface area contributed by atoms with Crippen molar-refractivity contribution in [3.63, 3.8) is 0 Å². The van der Waals surface area contributed by atoms with Gasteiger partial charge in [0, 0.05) is 35.4 Å². The Kier molecular flexibility index (Phi) is 7.72. The van der Waals surface area contributed by atoms with Crippen molar-refractivity contribution in [2.24, 2.45) is 0 Å². The number of aliphatic hydroxyl groups is 1. The first-order valence-corrected chi connectivity index (χ1v) is 11.2. The summed E-state index contributed by atoms with van der Waals surface area (Å²) >= 11 is 0. The van der Waals surface area contributed by atoms with Gasteiger partial charge in [0.2, 0.25) is 0 Å². The number of hydrogen-bond donors (Lipinski definition) is 2. The van der Waals surface area contributed by atoms with Crippen LogP contribution in [0.15, 0.2) is 79.0 Å². The monoisotopic (exact) mass is 542 g/mol. The van der Waals surface area contributed by atoms with E-state index in [1.165, 1.54) is 30.3 Å². The minimum Gasteiger partial charge on any atom is -0.457 e. The van der Waals surface area contributed by atoms with Gasteiger partial charge in [-0.25, -0.2) is 0 Å². The highest BCUT2D eigenvalue weighted by Gasteiger charge is 2.44. The number of alkyl halides is 7. The summed E-state index contributed by atoms with van der Waals surface area (Å²) in [6.07, 6.45) is -14.7. The average Bonchev–Trinajstić information content (AvgIpc) is 3.31. The standard InChI is InChI=1S/C26H21F7N2O3/c27-24(28)26(32,33)38-21-6-1-3-16(11-21)14-35(15-23(36)25(29,30)31)18-4-2-5-19(13-18)37-20-7-8-22-17(12-20)9-10-34-22/h1-13,23-24,34,36H,14-15H2. The average molecular weight is 542 g/mol. The molecule has 1 atom stereocenters. The number of aromatic nitrogens is 1. The molecule has 0 aliphatic heterocycles. The fourth-order valence-electron chi connectivity index (χ4n) is 3.68. The van der Waals surface area contributed by atoms with Gasteiger partial charge >= 0.3 is 18.7 Å². The van der Waals surface area contributed by atoms with E-state index >= 15 is 0 Å². The fraction of sp³-hybridized carbons (Fsp3) is 0.231. The quantitative estimate of drug-likeness (QED) is 0.210. The van der Waals surface area contributed by atoms with Crippen LogP contribution in [0.5, 0.6) is 17.2 Å². The van der Waals surface area contributed by atoms with E-state index in [4.69, 9.17) is 4.74 Å². The maximum Gasteiger partial charge on any atom is 0.461 e. The molecule has 38 heavy (non-hydrogen) atoms. The van der Waals surface area contributed by atoms with Crippen LogP contribution >= 0.6 is 0 Å². The molecular weight excluding hydrogens is 521 g/mol. The highest BCUT2D eigenvalue weighted by Crippen LogP contribution is 2.32. The summed E-state index contributed by atoms with van der Waals surface area (Å²) in [6.45, 7) is -1.20. The molecule has 0 amide bonds. The summed E-state index contributed by atoms with van der Waals surface area (Å²) in [5.74, 6) is 0.167. The number of aliphatic hydroxyl groups excluding tert-OH is 1. The SMILES string of the molecule is OC(CN(Cc1cccc(OC(F)(F)C(F)F)c1)c1cccc(Oc2ccc3[nH]ccc3c2)c1)C(F)(F)F. The van der Waals surface area contributed by atoms with Crippen molar-refractivity contribution in [3.8, 4) is 17.2 Å². The van der Waals surface area contributed by atoms with Crippen LogP contribution in [0.1, 0.15) is 5.56 Å². The van der Waals surface area contributed by atoms with Crippen molar-refractivity contribution in [1.82, 2.24) is 4.98 Å². The van der Waals surface area contributed by atoms with Gasteiger partial charge < -0.3 is 24.5 Å². The Morgan fingerprint density at radius 3 is 2.29 bits per heavy atom. The van der Waals surface area contributed by atoms with E-state index in [9.17, 15) is 35.8 Å². The number of benzene rings is 3. The summed E-state index contributed by atoms with van der Waals surface area (Å²) in [6, 6.07) is 17.8. The predicted octanol–water partition coefficient (Wildman–Crippen LogP) is 7.13. The molecule has 2 N–H and O–H groups in total. The maximum atomic E-state index is 13.3. The van der Waals surface area contributed by atoms with Crippen LogP contribution in [-0.2, 0) is 6.54 Å². The minimum atomic E-state index is -4.93. The van der Waals surface area contributed by atoms with Crippen LogP contribution in [0.25, 0.3) is 10.9 Å². The summed E-state index contributed by atoms with van der Waals surface area (Å²) in [5.41, 5.74) is 1.28. The van der Waals surface area contributed by atoms with Crippen LogP contribution in [0.4, 0.5) is 36.4 Å². The van der Waals surface area contributed by atoms with E-state index in [0.717, 1.165) is 27.9 Å². The normalized spacial score (nSPS) is 13.1. The van der Waals surface area contributed by atoms with Gasteiger partial charge in [-0.1, -0.05) is 18.2 Å². The second-order valence-electron chi connectivity index (χ2n) is 8.38. The van der Waals surface area contributed by atoms with E-state index in [1.54, 1.807) is 30.5 Å². The van der Waals surface area contributed by atoms with Gasteiger partial charge in [0.1, 0.15) is 17.2 Å². The Morgan fingerprint density at radius 1 is 0.842 bits per heavy atom. The molecule has 0 saturated heterocycles. The van der Waals surface area contributed by atoms with E-state index in [-0.39, 0.29) is 23.5 Å². The second kappa shape index (κ2) is 10.8. The molecule has 4 rings (SSSR count). The zero-order valence-corrected chi connectivity index (χ0v) is 19.4. The zero-order chi connectivity index (χ0) is 27.5. The van der Waals surface area contributed by atoms with Crippen molar-refractivity contribution >= 4 is 16.6 Å². The van der Waals surface area contributed by atoms with E-state index in [0.29, 0.717) is 5.75 Å². The van der Waals surface area contributed by atoms with Crippen molar-refractivity contribution < 1.29 is 45.3 Å². The van der Waals surface area contributed by atoms with Crippen LogP contribution in [0, 0.1) is 0 Å². The molecule has 3 aromatic carbocycles. The number of hydrogen-bond acceptors (Lipinski definition) is 4. The number of nitrogens with zero attached hydrogens (tertiary/aromatic N) is 1. The molecule has 0 aliphatic rings. The zero-order valence-electron chi connectivity index (χ0n) is 19.4. The van der Waals surface area contributed by atoms with Crippen LogP contribution < -0.4 is 14.4 Å². The number of halogens is 7. The molecule has 1 heterocycles. The highest BCUT2D eigenvalue weighted by atomic mass is 19.4. The number of H-pyrrole nitrogens is 1. The molecule has 0 aliphatic carbocycles. The third-order valence-electron chi connectivity index (χ3n) is 5.49. The molecule has 12 heteroatoms. The maximum absolute atomic E-state index is 13.3. The highest BCUT2D eigenvalue weighted by molar-refractivity contribution is 5.80. The number of anilines is 1. The van der Waals surface area contributed by atoms with E-state index < -0.39 is 37.1 Å². The Hall–Kier alpha value is -3.93. The van der Waals surface area contributed by atoms with Gasteiger partial charge in [-0.2, -0.15) is 30.7 Å². The Morgan fingerprint density at radius 2 is 1.55 bits per heavy atom. The first-order valence-electron chi connectivity index (χ1n) is 11.2.